The van der Waals surface area contributed by atoms with Gasteiger partial charge in [-0.3, -0.25) is 0 Å². The summed E-state index contributed by atoms with van der Waals surface area (Å²) >= 11 is 0. The van der Waals surface area contributed by atoms with E-state index in [4.69, 9.17) is 19.9 Å². The summed E-state index contributed by atoms with van der Waals surface area (Å²) in [7, 11) is 0. The predicted octanol–water partition coefficient (Wildman–Crippen LogP) is 17.7. The molecule has 0 aliphatic carbocycles. The second-order valence-electron chi connectivity index (χ2n) is 18.2. The van der Waals surface area contributed by atoms with E-state index in [1.54, 1.807) is 0 Å². The summed E-state index contributed by atoms with van der Waals surface area (Å²) in [4.78, 5) is 21.3. The highest BCUT2D eigenvalue weighted by molar-refractivity contribution is 6.09. The maximum absolute atomic E-state index is 5.48. The molecule has 13 aromatic rings. The molecule has 72 heavy (non-hydrogen) atoms. The molecule has 0 atom stereocenters. The van der Waals surface area contributed by atoms with Crippen LogP contribution in [-0.2, 0) is 0 Å². The molecule has 336 valence electrons. The van der Waals surface area contributed by atoms with Gasteiger partial charge in [-0.1, -0.05) is 237 Å². The van der Waals surface area contributed by atoms with Crippen molar-refractivity contribution in [2.45, 2.75) is 0 Å². The first kappa shape index (κ1) is 42.5. The van der Waals surface area contributed by atoms with E-state index in [1.165, 1.54) is 26.9 Å². The van der Waals surface area contributed by atoms with Crippen molar-refractivity contribution >= 4 is 32.3 Å². The van der Waals surface area contributed by atoms with Crippen LogP contribution in [0.1, 0.15) is 0 Å². The van der Waals surface area contributed by atoms with Gasteiger partial charge in [0, 0.05) is 33.4 Å². The maximum atomic E-state index is 5.48. The molecule has 0 fully saturated rings. The highest BCUT2D eigenvalue weighted by Gasteiger charge is 2.20. The highest BCUT2D eigenvalue weighted by Crippen LogP contribution is 2.43. The molecule has 0 saturated heterocycles. The first-order valence-corrected chi connectivity index (χ1v) is 24.4. The topological polar surface area (TPSA) is 51.6 Å². The Hall–Kier alpha value is -9.64. The summed E-state index contributed by atoms with van der Waals surface area (Å²) < 4.78 is 0. The van der Waals surface area contributed by atoms with Crippen molar-refractivity contribution in [1.82, 2.24) is 19.9 Å². The molecule has 0 bridgehead atoms. The summed E-state index contributed by atoms with van der Waals surface area (Å²) in [6.07, 6.45) is 0. The van der Waals surface area contributed by atoms with E-state index in [-0.39, 0.29) is 0 Å². The van der Waals surface area contributed by atoms with Crippen LogP contribution in [0.25, 0.3) is 134 Å². The van der Waals surface area contributed by atoms with Gasteiger partial charge in [0.25, 0.3) is 0 Å². The minimum atomic E-state index is 0.665. The molecule has 0 N–H and O–H groups in total. The zero-order valence-corrected chi connectivity index (χ0v) is 39.2. The second kappa shape index (κ2) is 18.4. The molecule has 2 heterocycles. The lowest BCUT2D eigenvalue weighted by molar-refractivity contribution is 1.18. The van der Waals surface area contributed by atoms with Crippen LogP contribution in [0.2, 0.25) is 0 Å². The fourth-order valence-electron chi connectivity index (χ4n) is 10.1. The lowest BCUT2D eigenvalue weighted by Crippen LogP contribution is -1.99. The minimum Gasteiger partial charge on any atom is -0.228 e. The van der Waals surface area contributed by atoms with E-state index >= 15 is 0 Å². The maximum Gasteiger partial charge on any atom is 0.161 e. The molecule has 0 amide bonds. The van der Waals surface area contributed by atoms with Gasteiger partial charge in [-0.2, -0.15) is 0 Å². The smallest absolute Gasteiger partial charge is 0.161 e. The second-order valence-corrected chi connectivity index (χ2v) is 18.2. The van der Waals surface area contributed by atoms with Gasteiger partial charge in [0.05, 0.1) is 22.8 Å². The third kappa shape index (κ3) is 8.07. The van der Waals surface area contributed by atoms with Gasteiger partial charge in [-0.05, 0) is 96.0 Å². The molecule has 2 aromatic heterocycles. The van der Waals surface area contributed by atoms with Gasteiger partial charge in [-0.15, -0.1) is 0 Å². The van der Waals surface area contributed by atoms with E-state index in [0.29, 0.717) is 11.6 Å². The number of fused-ring (bicyclic) bond motifs is 4. The zero-order valence-electron chi connectivity index (χ0n) is 39.2. The molecule has 0 aliphatic heterocycles. The quantitative estimate of drug-likeness (QED) is 0.135. The number of nitrogens with zero attached hydrogens (tertiary/aromatic N) is 4. The Balaban J connectivity index is 1.03. The molecule has 0 spiro atoms. The minimum absolute atomic E-state index is 0.665. The number of aromatic nitrogens is 4. The molecular formula is C68H44N4. The van der Waals surface area contributed by atoms with Gasteiger partial charge in [0.2, 0.25) is 0 Å². The van der Waals surface area contributed by atoms with Crippen molar-refractivity contribution in [1.29, 1.82) is 0 Å². The van der Waals surface area contributed by atoms with E-state index in [2.05, 4.69) is 237 Å². The largest absolute Gasteiger partial charge is 0.228 e. The first-order chi connectivity index (χ1) is 35.7. The number of rotatable bonds is 9. The molecule has 0 aliphatic rings. The van der Waals surface area contributed by atoms with Crippen molar-refractivity contribution in [3.63, 3.8) is 0 Å². The monoisotopic (exact) mass is 916 g/mol. The highest BCUT2D eigenvalue weighted by atomic mass is 14.9. The summed E-state index contributed by atoms with van der Waals surface area (Å²) in [5, 5.41) is 7.20. The fourth-order valence-corrected chi connectivity index (χ4v) is 10.1. The van der Waals surface area contributed by atoms with Crippen LogP contribution >= 0.6 is 0 Å². The van der Waals surface area contributed by atoms with E-state index in [9.17, 15) is 0 Å². The molecule has 4 nitrogen and oxygen atoms in total. The van der Waals surface area contributed by atoms with Crippen molar-refractivity contribution in [2.75, 3.05) is 0 Å². The van der Waals surface area contributed by atoms with Gasteiger partial charge < -0.3 is 0 Å². The summed E-state index contributed by atoms with van der Waals surface area (Å²) in [5.74, 6) is 1.34. The fraction of sp³-hybridized carbons (Fsp3) is 0. The molecule has 0 radical (unpaired) electrons. The molecule has 0 saturated carbocycles. The van der Waals surface area contributed by atoms with E-state index in [0.717, 1.165) is 94.9 Å². The Kier molecular flexibility index (Phi) is 10.8. The van der Waals surface area contributed by atoms with Gasteiger partial charge >= 0.3 is 0 Å². The average molecular weight is 917 g/mol. The summed E-state index contributed by atoms with van der Waals surface area (Å²) in [6.45, 7) is 0. The average Bonchev–Trinajstić information content (AvgIpc) is 3.47. The van der Waals surface area contributed by atoms with Gasteiger partial charge in [0.15, 0.2) is 11.6 Å². The Morgan fingerprint density at radius 3 is 1.40 bits per heavy atom. The number of hydrogen-bond donors (Lipinski definition) is 0. The van der Waals surface area contributed by atoms with Crippen LogP contribution < -0.4 is 0 Å². The lowest BCUT2D eigenvalue weighted by Gasteiger charge is -2.18. The third-order valence-electron chi connectivity index (χ3n) is 13.7. The van der Waals surface area contributed by atoms with Crippen LogP contribution in [0.4, 0.5) is 0 Å². The van der Waals surface area contributed by atoms with Crippen molar-refractivity contribution in [3.05, 3.63) is 267 Å². The predicted molar refractivity (Wildman–Crippen MR) is 299 cm³/mol. The number of hydrogen-bond acceptors (Lipinski definition) is 4. The Bertz CT molecular complexity index is 4150. The van der Waals surface area contributed by atoms with Gasteiger partial charge in [0.1, 0.15) is 0 Å². The standard InChI is InChI=1S/C68H44N4/c1-4-19-46(20-5-1)56-28-14-17-31-61(56)68-71-63(48-22-6-2-7-23-48)44-66(72-68)60-30-16-15-29-58(60)59-39-37-54(42-62(59)52-36-38-57-51(41-52)34-33-47-21-12-13-27-55(47)57)65-43-64(69-67(70-65)49-24-8-3-9-25-49)53-35-32-45-18-10-11-26-50(45)40-53/h1-44H. The van der Waals surface area contributed by atoms with Crippen LogP contribution in [-0.4, -0.2) is 19.9 Å². The van der Waals surface area contributed by atoms with Gasteiger partial charge in [-0.25, -0.2) is 19.9 Å². The Morgan fingerprint density at radius 2 is 0.639 bits per heavy atom. The molecule has 13 rings (SSSR count). The van der Waals surface area contributed by atoms with Crippen molar-refractivity contribution < 1.29 is 0 Å². The lowest BCUT2D eigenvalue weighted by atomic mass is 9.87. The SMILES string of the molecule is c1ccc(-c2cc(-c3ccccc3-c3ccc(-c4cc(-c5ccc6ccccc6c5)nc(-c5ccccc5)n4)cc3-c3ccc4c(ccc5ccccc54)c3)nc(-c3ccccc3-c3ccccc3)n2)cc1. The molecule has 11 aromatic carbocycles. The van der Waals surface area contributed by atoms with Crippen LogP contribution in [0, 0.1) is 0 Å². The Morgan fingerprint density at radius 1 is 0.181 bits per heavy atom. The normalized spacial score (nSPS) is 11.3. The van der Waals surface area contributed by atoms with Crippen molar-refractivity contribution in [3.8, 4) is 101 Å². The van der Waals surface area contributed by atoms with Crippen LogP contribution in [0.15, 0.2) is 267 Å². The van der Waals surface area contributed by atoms with E-state index in [1.807, 2.05) is 30.3 Å². The summed E-state index contributed by atoms with van der Waals surface area (Å²) in [6, 6.07) is 94.3. The van der Waals surface area contributed by atoms with Crippen molar-refractivity contribution in [2.24, 2.45) is 0 Å². The van der Waals surface area contributed by atoms with Crippen LogP contribution in [0.3, 0.4) is 0 Å². The third-order valence-corrected chi connectivity index (χ3v) is 13.7. The summed E-state index contributed by atoms with van der Waals surface area (Å²) in [5.41, 5.74) is 15.9. The Labute approximate surface area is 418 Å². The number of benzene rings is 11. The molecule has 0 unspecified atom stereocenters. The molecular weight excluding hydrogens is 873 g/mol. The van der Waals surface area contributed by atoms with Crippen LogP contribution in [0.5, 0.6) is 0 Å². The molecule has 4 heteroatoms. The van der Waals surface area contributed by atoms with E-state index < -0.39 is 0 Å². The first-order valence-electron chi connectivity index (χ1n) is 24.4. The zero-order chi connectivity index (χ0) is 47.8.